The molecule has 1 unspecified atom stereocenters. The second-order valence-corrected chi connectivity index (χ2v) is 4.89. The van der Waals surface area contributed by atoms with Crippen LogP contribution in [0.15, 0.2) is 5.51 Å². The Hall–Kier alpha value is -0.610. The molecule has 1 heterocycles. The van der Waals surface area contributed by atoms with Crippen molar-refractivity contribution in [3.63, 3.8) is 0 Å². The minimum Gasteiger partial charge on any atom is -0.345 e. The highest BCUT2D eigenvalue weighted by Crippen LogP contribution is 2.16. The average Bonchev–Trinajstić information content (AvgIpc) is 2.64. The maximum absolute atomic E-state index is 11.9. The van der Waals surface area contributed by atoms with Gasteiger partial charge in [-0.1, -0.05) is 6.92 Å². The van der Waals surface area contributed by atoms with Crippen LogP contribution >= 0.6 is 22.9 Å². The molecule has 0 bridgehead atoms. The Kier molecular flexibility index (Phi) is 4.11. The zero-order valence-corrected chi connectivity index (χ0v) is 10.7. The lowest BCUT2D eigenvalue weighted by Gasteiger charge is -2.26. The second kappa shape index (κ2) is 4.94. The zero-order chi connectivity index (χ0) is 11.5. The van der Waals surface area contributed by atoms with Crippen LogP contribution in [0.1, 0.15) is 35.6 Å². The summed E-state index contributed by atoms with van der Waals surface area (Å²) < 4.78 is 0. The third-order valence-corrected chi connectivity index (χ3v) is 3.96. The van der Waals surface area contributed by atoms with Crippen molar-refractivity contribution in [3.05, 3.63) is 16.1 Å². The number of alkyl halides is 1. The molecule has 0 aliphatic heterocycles. The Morgan fingerprint density at radius 3 is 2.80 bits per heavy atom. The number of aromatic nitrogens is 1. The van der Waals surface area contributed by atoms with Gasteiger partial charge in [-0.05, 0) is 20.3 Å². The molecule has 1 rings (SSSR count). The van der Waals surface area contributed by atoms with E-state index in [9.17, 15) is 4.79 Å². The van der Waals surface area contributed by atoms with Gasteiger partial charge in [-0.2, -0.15) is 0 Å². The van der Waals surface area contributed by atoms with Gasteiger partial charge in [0.2, 0.25) is 0 Å². The molecule has 5 heteroatoms. The predicted molar refractivity (Wildman–Crippen MR) is 63.7 cm³/mol. The molecule has 0 fully saturated rings. The quantitative estimate of drug-likeness (QED) is 0.830. The Labute approximate surface area is 98.9 Å². The van der Waals surface area contributed by atoms with Crippen LogP contribution < -0.4 is 5.32 Å². The van der Waals surface area contributed by atoms with E-state index in [0.29, 0.717) is 10.8 Å². The molecule has 0 spiro atoms. The molecule has 0 aromatic carbocycles. The summed E-state index contributed by atoms with van der Waals surface area (Å²) in [6.45, 7) is 5.77. The Balaban J connectivity index is 2.76. The maximum Gasteiger partial charge on any atom is 0.263 e. The molecule has 1 aromatic heterocycles. The monoisotopic (exact) mass is 246 g/mol. The van der Waals surface area contributed by atoms with E-state index in [1.54, 1.807) is 5.51 Å². The molecule has 3 nitrogen and oxygen atoms in total. The lowest BCUT2D eigenvalue weighted by molar-refractivity contribution is 0.0916. The van der Waals surface area contributed by atoms with Crippen molar-refractivity contribution in [2.24, 2.45) is 0 Å². The highest BCUT2D eigenvalue weighted by molar-refractivity contribution is 7.11. The minimum absolute atomic E-state index is 0.0833. The van der Waals surface area contributed by atoms with Crippen molar-refractivity contribution >= 4 is 28.8 Å². The van der Waals surface area contributed by atoms with Gasteiger partial charge in [0.1, 0.15) is 4.88 Å². The third kappa shape index (κ3) is 2.92. The molecule has 0 saturated heterocycles. The fourth-order valence-corrected chi connectivity index (χ4v) is 2.02. The third-order valence-electron chi connectivity index (χ3n) is 2.44. The molecular weight excluding hydrogens is 232 g/mol. The number of amides is 1. The number of thiazole rings is 1. The Morgan fingerprint density at radius 2 is 2.40 bits per heavy atom. The number of carbonyl (C=O) groups excluding carboxylic acids is 1. The van der Waals surface area contributed by atoms with Gasteiger partial charge in [0.05, 0.1) is 16.7 Å². The molecule has 1 amide bonds. The molecule has 0 aliphatic rings. The fourth-order valence-electron chi connectivity index (χ4n) is 1.07. The van der Waals surface area contributed by atoms with Gasteiger partial charge in [0, 0.05) is 5.88 Å². The standard InChI is InChI=1S/C10H15ClN2OS/c1-4-10(3,5-11)13-9(14)8-7(2)12-6-15-8/h6H,4-5H2,1-3H3,(H,13,14). The van der Waals surface area contributed by atoms with Gasteiger partial charge in [-0.25, -0.2) is 4.98 Å². The van der Waals surface area contributed by atoms with Crippen molar-refractivity contribution in [1.29, 1.82) is 0 Å². The molecular formula is C10H15ClN2OS. The van der Waals surface area contributed by atoms with E-state index in [0.717, 1.165) is 12.1 Å². The summed E-state index contributed by atoms with van der Waals surface area (Å²) in [5.74, 6) is 0.326. The van der Waals surface area contributed by atoms with Crippen LogP contribution in [-0.4, -0.2) is 22.3 Å². The number of nitrogens with zero attached hydrogens (tertiary/aromatic N) is 1. The number of aryl methyl sites for hydroxylation is 1. The molecule has 1 N–H and O–H groups in total. The first-order valence-electron chi connectivity index (χ1n) is 4.81. The number of hydrogen-bond acceptors (Lipinski definition) is 3. The van der Waals surface area contributed by atoms with Crippen molar-refractivity contribution in [2.45, 2.75) is 32.7 Å². The summed E-state index contributed by atoms with van der Waals surface area (Å²) in [5, 5.41) is 2.94. The molecule has 15 heavy (non-hydrogen) atoms. The second-order valence-electron chi connectivity index (χ2n) is 3.77. The first kappa shape index (κ1) is 12.5. The van der Waals surface area contributed by atoms with Gasteiger partial charge in [0.25, 0.3) is 5.91 Å². The number of carbonyl (C=O) groups is 1. The summed E-state index contributed by atoms with van der Waals surface area (Å²) in [6, 6.07) is 0. The molecule has 0 saturated carbocycles. The van der Waals surface area contributed by atoms with Crippen molar-refractivity contribution < 1.29 is 4.79 Å². The van der Waals surface area contributed by atoms with Crippen molar-refractivity contribution in [1.82, 2.24) is 10.3 Å². The van der Waals surface area contributed by atoms with Crippen LogP contribution in [0.25, 0.3) is 0 Å². The van der Waals surface area contributed by atoms with Crippen LogP contribution in [-0.2, 0) is 0 Å². The van der Waals surface area contributed by atoms with Crippen LogP contribution in [0.2, 0.25) is 0 Å². The zero-order valence-electron chi connectivity index (χ0n) is 9.13. The molecule has 1 aromatic rings. The number of halogens is 1. The van der Waals surface area contributed by atoms with E-state index >= 15 is 0 Å². The first-order valence-corrected chi connectivity index (χ1v) is 6.22. The Morgan fingerprint density at radius 1 is 1.73 bits per heavy atom. The van der Waals surface area contributed by atoms with E-state index in [4.69, 9.17) is 11.6 Å². The number of nitrogens with one attached hydrogen (secondary N) is 1. The largest absolute Gasteiger partial charge is 0.345 e. The van der Waals surface area contributed by atoms with E-state index in [1.807, 2.05) is 20.8 Å². The number of rotatable bonds is 4. The SMILES string of the molecule is CCC(C)(CCl)NC(=O)c1scnc1C. The molecule has 0 radical (unpaired) electrons. The molecule has 0 aliphatic carbocycles. The summed E-state index contributed by atoms with van der Waals surface area (Å²) in [4.78, 5) is 16.6. The van der Waals surface area contributed by atoms with E-state index in [1.165, 1.54) is 11.3 Å². The van der Waals surface area contributed by atoms with Gasteiger partial charge in [0.15, 0.2) is 0 Å². The van der Waals surface area contributed by atoms with Crippen LogP contribution in [0.5, 0.6) is 0 Å². The van der Waals surface area contributed by atoms with Gasteiger partial charge >= 0.3 is 0 Å². The average molecular weight is 247 g/mol. The van der Waals surface area contributed by atoms with E-state index in [2.05, 4.69) is 10.3 Å². The summed E-state index contributed by atoms with van der Waals surface area (Å²) in [6.07, 6.45) is 0.806. The highest BCUT2D eigenvalue weighted by atomic mass is 35.5. The minimum atomic E-state index is -0.338. The summed E-state index contributed by atoms with van der Waals surface area (Å²) in [7, 11) is 0. The summed E-state index contributed by atoms with van der Waals surface area (Å²) >= 11 is 7.18. The molecule has 1 atom stereocenters. The van der Waals surface area contributed by atoms with E-state index in [-0.39, 0.29) is 11.4 Å². The number of hydrogen-bond donors (Lipinski definition) is 1. The topological polar surface area (TPSA) is 42.0 Å². The summed E-state index contributed by atoms with van der Waals surface area (Å²) in [5.41, 5.74) is 2.11. The fraction of sp³-hybridized carbons (Fsp3) is 0.600. The van der Waals surface area contributed by atoms with Crippen molar-refractivity contribution in [2.75, 3.05) is 5.88 Å². The lowest BCUT2D eigenvalue weighted by atomic mass is 10.0. The van der Waals surface area contributed by atoms with Crippen LogP contribution in [0, 0.1) is 6.92 Å². The first-order chi connectivity index (χ1) is 7.02. The van der Waals surface area contributed by atoms with Crippen LogP contribution in [0.4, 0.5) is 0 Å². The normalized spacial score (nSPS) is 14.7. The predicted octanol–water partition coefficient (Wildman–Crippen LogP) is 2.59. The van der Waals surface area contributed by atoms with Crippen molar-refractivity contribution in [3.8, 4) is 0 Å². The maximum atomic E-state index is 11.9. The van der Waals surface area contributed by atoms with Gasteiger partial charge < -0.3 is 5.32 Å². The smallest absolute Gasteiger partial charge is 0.263 e. The van der Waals surface area contributed by atoms with E-state index < -0.39 is 0 Å². The Bertz CT molecular complexity index is 347. The van der Waals surface area contributed by atoms with Crippen LogP contribution in [0.3, 0.4) is 0 Å². The lowest BCUT2D eigenvalue weighted by Crippen LogP contribution is -2.47. The van der Waals surface area contributed by atoms with Gasteiger partial charge in [-0.15, -0.1) is 22.9 Å². The van der Waals surface area contributed by atoms with Gasteiger partial charge in [-0.3, -0.25) is 4.79 Å². The highest BCUT2D eigenvalue weighted by Gasteiger charge is 2.25. The molecule has 84 valence electrons.